The molecule has 4 N–H and O–H groups in total. The van der Waals surface area contributed by atoms with Crippen LogP contribution in [0.25, 0.3) is 0 Å². The number of anilines is 1. The molecule has 2 aromatic rings. The minimum Gasteiger partial charge on any atom is -0.384 e. The van der Waals surface area contributed by atoms with E-state index in [1.807, 2.05) is 43.3 Å². The molecule has 6 nitrogen and oxygen atoms in total. The summed E-state index contributed by atoms with van der Waals surface area (Å²) in [6.07, 6.45) is 4.17. The number of hydrogen-bond acceptors (Lipinski definition) is 3. The van der Waals surface area contributed by atoms with Crippen molar-refractivity contribution < 1.29 is 9.59 Å². The number of carbonyl (C=O) groups is 2. The topological polar surface area (TPSA) is 99.3 Å². The molecule has 0 aliphatic heterocycles. The molecular weight excluding hydrogens is 388 g/mol. The number of carbonyl (C=O) groups excluding carboxylic acids is 2. The Hall–Kier alpha value is -3.41. The molecule has 0 aromatic heterocycles. The summed E-state index contributed by atoms with van der Waals surface area (Å²) in [6, 6.07) is 15.2. The maximum atomic E-state index is 13.3. The van der Waals surface area contributed by atoms with Crippen molar-refractivity contribution in [2.75, 3.05) is 11.4 Å². The smallest absolute Gasteiger partial charge is 0.254 e. The molecule has 0 saturated carbocycles. The van der Waals surface area contributed by atoms with Crippen LogP contribution in [0.5, 0.6) is 0 Å². The lowest BCUT2D eigenvalue weighted by atomic mass is 9.98. The van der Waals surface area contributed by atoms with E-state index in [0.717, 1.165) is 24.1 Å². The summed E-state index contributed by atoms with van der Waals surface area (Å²) in [4.78, 5) is 27.9. The van der Waals surface area contributed by atoms with Crippen LogP contribution >= 0.6 is 0 Å². The lowest BCUT2D eigenvalue weighted by Crippen LogP contribution is -2.38. The van der Waals surface area contributed by atoms with E-state index in [2.05, 4.69) is 18.3 Å². The number of nitrogens with one attached hydrogen (secondary N) is 2. The Morgan fingerprint density at radius 1 is 1.13 bits per heavy atom. The van der Waals surface area contributed by atoms with E-state index in [9.17, 15) is 9.59 Å². The van der Waals surface area contributed by atoms with Gasteiger partial charge < -0.3 is 16.0 Å². The van der Waals surface area contributed by atoms with Crippen LogP contribution in [0.4, 0.5) is 5.69 Å². The molecule has 2 aromatic carbocycles. The van der Waals surface area contributed by atoms with Gasteiger partial charge in [0.1, 0.15) is 5.84 Å². The molecule has 1 aliphatic rings. The van der Waals surface area contributed by atoms with Crippen LogP contribution in [0, 0.1) is 11.3 Å². The van der Waals surface area contributed by atoms with Crippen molar-refractivity contribution >= 4 is 23.3 Å². The highest BCUT2D eigenvalue weighted by molar-refractivity contribution is 6.09. The van der Waals surface area contributed by atoms with Gasteiger partial charge in [0.15, 0.2) is 0 Å². The van der Waals surface area contributed by atoms with Gasteiger partial charge in [0.25, 0.3) is 5.91 Å². The molecule has 1 atom stereocenters. The summed E-state index contributed by atoms with van der Waals surface area (Å²) >= 11 is 0. The lowest BCUT2D eigenvalue weighted by Gasteiger charge is -2.24. The Morgan fingerprint density at radius 3 is 2.52 bits per heavy atom. The Morgan fingerprint density at radius 2 is 1.87 bits per heavy atom. The zero-order valence-electron chi connectivity index (χ0n) is 18.2. The molecule has 0 spiro atoms. The van der Waals surface area contributed by atoms with Gasteiger partial charge in [0.05, 0.1) is 5.92 Å². The predicted octanol–water partition coefficient (Wildman–Crippen LogP) is 3.54. The molecule has 2 amide bonds. The number of nitrogens with two attached hydrogens (primary N) is 1. The van der Waals surface area contributed by atoms with Crippen LogP contribution in [0.15, 0.2) is 60.2 Å². The number of nitrogen functional groups attached to an aromatic ring is 1. The molecular formula is C25H30N4O2. The SMILES string of the molecule is CCc1cccc(N(CC)C(=O)C2=CCCC2C(=O)NCc2ccc(C(=N)N)cc2)c1. The van der Waals surface area contributed by atoms with Gasteiger partial charge in [0, 0.05) is 29.9 Å². The average Bonchev–Trinajstić information content (AvgIpc) is 3.28. The van der Waals surface area contributed by atoms with Crippen molar-refractivity contribution in [2.24, 2.45) is 11.7 Å². The van der Waals surface area contributed by atoms with Crippen molar-refractivity contribution in [3.63, 3.8) is 0 Å². The molecule has 0 fully saturated rings. The zero-order valence-corrected chi connectivity index (χ0v) is 18.2. The quantitative estimate of drug-likeness (QED) is 0.452. The van der Waals surface area contributed by atoms with E-state index in [1.165, 1.54) is 5.56 Å². The molecule has 31 heavy (non-hydrogen) atoms. The first kappa shape index (κ1) is 22.3. The predicted molar refractivity (Wildman–Crippen MR) is 124 cm³/mol. The fourth-order valence-electron chi connectivity index (χ4n) is 3.87. The maximum absolute atomic E-state index is 13.3. The van der Waals surface area contributed by atoms with Crippen molar-refractivity contribution in [3.05, 3.63) is 76.9 Å². The summed E-state index contributed by atoms with van der Waals surface area (Å²) in [5.41, 5.74) is 9.66. The molecule has 1 aliphatic carbocycles. The highest BCUT2D eigenvalue weighted by Crippen LogP contribution is 2.30. The molecule has 3 rings (SSSR count). The number of benzene rings is 2. The van der Waals surface area contributed by atoms with Gasteiger partial charge >= 0.3 is 0 Å². The maximum Gasteiger partial charge on any atom is 0.254 e. The number of amidine groups is 1. The molecule has 0 bridgehead atoms. The number of aryl methyl sites for hydroxylation is 1. The number of rotatable bonds is 8. The number of likely N-dealkylation sites (N-methyl/N-ethyl adjacent to an activating group) is 1. The normalized spacial score (nSPS) is 15.3. The average molecular weight is 419 g/mol. The van der Waals surface area contributed by atoms with Crippen LogP contribution in [0.1, 0.15) is 43.4 Å². The molecule has 0 radical (unpaired) electrons. The van der Waals surface area contributed by atoms with E-state index < -0.39 is 5.92 Å². The number of amides is 2. The Balaban J connectivity index is 1.68. The van der Waals surface area contributed by atoms with Gasteiger partial charge in [-0.3, -0.25) is 15.0 Å². The third-order valence-electron chi connectivity index (χ3n) is 5.68. The number of hydrogen-bond donors (Lipinski definition) is 3. The number of nitrogens with zero attached hydrogens (tertiary/aromatic N) is 1. The third-order valence-corrected chi connectivity index (χ3v) is 5.68. The summed E-state index contributed by atoms with van der Waals surface area (Å²) < 4.78 is 0. The van der Waals surface area contributed by atoms with Crippen molar-refractivity contribution in [1.82, 2.24) is 5.32 Å². The third kappa shape index (κ3) is 5.20. The van der Waals surface area contributed by atoms with Crippen LogP contribution in [-0.4, -0.2) is 24.2 Å². The minimum atomic E-state index is -0.438. The van der Waals surface area contributed by atoms with E-state index >= 15 is 0 Å². The second-order valence-electron chi connectivity index (χ2n) is 7.69. The van der Waals surface area contributed by atoms with E-state index in [1.54, 1.807) is 17.0 Å². The van der Waals surface area contributed by atoms with E-state index in [0.29, 0.717) is 30.6 Å². The fourth-order valence-corrected chi connectivity index (χ4v) is 3.87. The summed E-state index contributed by atoms with van der Waals surface area (Å²) in [5, 5.41) is 10.4. The first-order valence-electron chi connectivity index (χ1n) is 10.8. The molecule has 162 valence electrons. The fraction of sp³-hybridized carbons (Fsp3) is 0.320. The first-order chi connectivity index (χ1) is 14.9. The van der Waals surface area contributed by atoms with Crippen LogP contribution in [0.2, 0.25) is 0 Å². The van der Waals surface area contributed by atoms with Gasteiger partial charge in [-0.25, -0.2) is 0 Å². The van der Waals surface area contributed by atoms with Gasteiger partial charge in [-0.1, -0.05) is 49.4 Å². The highest BCUT2D eigenvalue weighted by atomic mass is 16.2. The molecule has 0 saturated heterocycles. The van der Waals surface area contributed by atoms with E-state index in [-0.39, 0.29) is 17.6 Å². The van der Waals surface area contributed by atoms with Gasteiger partial charge in [-0.2, -0.15) is 0 Å². The monoisotopic (exact) mass is 418 g/mol. The first-order valence-corrected chi connectivity index (χ1v) is 10.8. The Bertz CT molecular complexity index is 995. The Kier molecular flexibility index (Phi) is 7.23. The van der Waals surface area contributed by atoms with Crippen LogP contribution < -0.4 is 16.0 Å². The second-order valence-corrected chi connectivity index (χ2v) is 7.69. The van der Waals surface area contributed by atoms with Crippen LogP contribution in [0.3, 0.4) is 0 Å². The Labute approximate surface area is 183 Å². The van der Waals surface area contributed by atoms with Gasteiger partial charge in [0.2, 0.25) is 5.91 Å². The highest BCUT2D eigenvalue weighted by Gasteiger charge is 2.33. The second kappa shape index (κ2) is 10.1. The van der Waals surface area contributed by atoms with Crippen molar-refractivity contribution in [1.29, 1.82) is 5.41 Å². The van der Waals surface area contributed by atoms with Gasteiger partial charge in [-0.05, 0) is 49.4 Å². The summed E-state index contributed by atoms with van der Waals surface area (Å²) in [7, 11) is 0. The van der Waals surface area contributed by atoms with Crippen LogP contribution in [-0.2, 0) is 22.6 Å². The summed E-state index contributed by atoms with van der Waals surface area (Å²) in [6.45, 7) is 4.95. The molecule has 1 unspecified atom stereocenters. The van der Waals surface area contributed by atoms with Crippen molar-refractivity contribution in [2.45, 2.75) is 39.7 Å². The lowest BCUT2D eigenvalue weighted by molar-refractivity contribution is -0.126. The standard InChI is InChI=1S/C25H30N4O2/c1-3-17-7-5-8-20(15-17)29(4-2)25(31)22-10-6-9-21(22)24(30)28-16-18-11-13-19(14-12-18)23(26)27/h5,7-8,10-15,21H,3-4,6,9,16H2,1-2H3,(H3,26,27)(H,28,30). The zero-order chi connectivity index (χ0) is 22.4. The molecule has 0 heterocycles. The number of allylic oxidation sites excluding steroid dienone is 1. The molecule has 6 heteroatoms. The van der Waals surface area contributed by atoms with E-state index in [4.69, 9.17) is 11.1 Å². The minimum absolute atomic E-state index is 0.0137. The summed E-state index contributed by atoms with van der Waals surface area (Å²) in [5.74, 6) is -0.655. The van der Waals surface area contributed by atoms with Gasteiger partial charge in [-0.15, -0.1) is 0 Å². The largest absolute Gasteiger partial charge is 0.384 e. The van der Waals surface area contributed by atoms with Crippen molar-refractivity contribution in [3.8, 4) is 0 Å².